The van der Waals surface area contributed by atoms with Crippen LogP contribution in [0.4, 0.5) is 5.69 Å². The zero-order valence-corrected chi connectivity index (χ0v) is 23.1. The molecule has 1 aromatic rings. The van der Waals surface area contributed by atoms with E-state index < -0.39 is 0 Å². The molecule has 5 nitrogen and oxygen atoms in total. The van der Waals surface area contributed by atoms with Crippen LogP contribution in [0.25, 0.3) is 5.53 Å². The predicted molar refractivity (Wildman–Crippen MR) is 129 cm³/mol. The van der Waals surface area contributed by atoms with E-state index in [2.05, 4.69) is 80.9 Å². The Labute approximate surface area is 213 Å². The van der Waals surface area contributed by atoms with Crippen molar-refractivity contribution in [3.05, 3.63) is 35.9 Å². The Morgan fingerprint density at radius 1 is 0.667 bits per heavy atom. The van der Waals surface area contributed by atoms with Gasteiger partial charge in [0.25, 0.3) is 0 Å². The molecule has 0 bridgehead atoms. The van der Waals surface area contributed by atoms with Crippen LogP contribution in [0, 0.1) is 0 Å². The summed E-state index contributed by atoms with van der Waals surface area (Å²) in [5, 5.41) is 2.97. The summed E-state index contributed by atoms with van der Waals surface area (Å²) in [5.41, 5.74) is 8.75. The third-order valence-corrected chi connectivity index (χ3v) is 4.67. The minimum atomic E-state index is -0.148. The van der Waals surface area contributed by atoms with Crippen molar-refractivity contribution >= 4 is 81.5 Å². The van der Waals surface area contributed by atoms with E-state index >= 15 is 0 Å². The molecule has 0 saturated carbocycles. The topological polar surface area (TPSA) is 44.4 Å². The molecule has 0 radical (unpaired) electrons. The van der Waals surface area contributed by atoms with Gasteiger partial charge in [0.05, 0.1) is 0 Å². The molecule has 0 aliphatic heterocycles. The van der Waals surface area contributed by atoms with E-state index in [9.17, 15) is 0 Å². The summed E-state index contributed by atoms with van der Waals surface area (Å²) in [6.07, 6.45) is 0. The molecule has 0 unspecified atom stereocenters. The molecule has 160 valence electrons. The Bertz CT molecular complexity index is 376. The fraction of sp³-hybridized carbons (Fsp3) is 0.600. The average molecular weight is 565 g/mol. The molecule has 0 N–H and O–H groups in total. The molecule has 0 spiro atoms. The molecule has 0 aliphatic carbocycles. The van der Waals surface area contributed by atoms with Crippen LogP contribution in [0.5, 0.6) is 0 Å². The van der Waals surface area contributed by atoms with Gasteiger partial charge in [0.1, 0.15) is 0 Å². The van der Waals surface area contributed by atoms with Gasteiger partial charge >= 0.3 is 0 Å². The minimum Gasteiger partial charge on any atom is -0.800 e. The van der Waals surface area contributed by atoms with Crippen molar-refractivity contribution in [1.82, 2.24) is 14.7 Å². The van der Waals surface area contributed by atoms with E-state index in [4.69, 9.17) is 5.53 Å². The van der Waals surface area contributed by atoms with Crippen molar-refractivity contribution < 1.29 is 21.1 Å². The predicted octanol–water partition coefficient (Wildman–Crippen LogP) is 2.11. The van der Waals surface area contributed by atoms with Gasteiger partial charge in [-0.3, -0.25) is 0 Å². The summed E-state index contributed by atoms with van der Waals surface area (Å²) in [6.45, 7) is 0. The fourth-order valence-corrected chi connectivity index (χ4v) is 0.495. The van der Waals surface area contributed by atoms with Gasteiger partial charge in [-0.2, -0.15) is 0 Å². The second-order valence-electron chi connectivity index (χ2n) is 5.25. The summed E-state index contributed by atoms with van der Waals surface area (Å²) < 4.78 is -0.444. The summed E-state index contributed by atoms with van der Waals surface area (Å²) in [5.74, 6) is 0. The van der Waals surface area contributed by atoms with E-state index in [1.165, 1.54) is 0 Å². The van der Waals surface area contributed by atoms with Gasteiger partial charge in [-0.1, -0.05) is 18.2 Å². The molecule has 27 heavy (non-hydrogen) atoms. The molecular weight excluding hydrogens is 539 g/mol. The van der Waals surface area contributed by atoms with E-state index in [1.54, 1.807) is 26.8 Å². The summed E-state index contributed by atoms with van der Waals surface area (Å²) in [6, 6.07) is 8.94. The van der Waals surface area contributed by atoms with Crippen LogP contribution in [-0.2, 0) is 96.8 Å². The Morgan fingerprint density at radius 3 is 1.00 bits per heavy atom. The van der Waals surface area contributed by atoms with Gasteiger partial charge in [-0.05, 0) is 54.4 Å². The number of hydrogen-bond donors (Lipinski definition) is 0. The molecular formula is C15H26MoN5S6-7. The minimum absolute atomic E-state index is 0. The van der Waals surface area contributed by atoms with Crippen molar-refractivity contribution in [2.75, 3.05) is 42.3 Å². The molecule has 0 heterocycles. The van der Waals surface area contributed by atoms with E-state index in [0.29, 0.717) is 5.69 Å². The fourth-order valence-electron chi connectivity index (χ4n) is 0.495. The van der Waals surface area contributed by atoms with Crippen molar-refractivity contribution in [3.8, 4) is 0 Å². The van der Waals surface area contributed by atoms with Crippen LogP contribution >= 0.6 is 0 Å². The molecule has 1 aromatic carbocycles. The van der Waals surface area contributed by atoms with Crippen molar-refractivity contribution in [2.45, 2.75) is 14.1 Å². The molecule has 0 saturated heterocycles. The third kappa shape index (κ3) is 32.4. The number of benzene rings is 1. The summed E-state index contributed by atoms with van der Waals surface area (Å²) in [7, 11) is 11.2. The first-order valence-electron chi connectivity index (χ1n) is 7.21. The Balaban J connectivity index is -0.000000131. The van der Waals surface area contributed by atoms with E-state index in [1.807, 2.05) is 60.5 Å². The van der Waals surface area contributed by atoms with Crippen LogP contribution in [0.2, 0.25) is 0 Å². The normalized spacial score (nSPS) is 9.85. The SMILES string of the molecule is CN(C)C([S-])[S-].CN(C)C([S-])[S-].CN(C)C([S-])[S-].[Mo].[N-]=Nc1ccccc1. The zero-order chi connectivity index (χ0) is 21.3. The first kappa shape index (κ1) is 35.9. The zero-order valence-electron chi connectivity index (χ0n) is 16.2. The second-order valence-corrected chi connectivity index (χ2v) is 8.82. The Hall–Kier alpha value is 1.49. The maximum atomic E-state index is 8.16. The third-order valence-electron chi connectivity index (χ3n) is 2.14. The van der Waals surface area contributed by atoms with Gasteiger partial charge in [-0.25, -0.2) is 14.1 Å². The van der Waals surface area contributed by atoms with Crippen molar-refractivity contribution in [2.24, 2.45) is 5.11 Å². The van der Waals surface area contributed by atoms with Crippen LogP contribution in [0.3, 0.4) is 0 Å². The van der Waals surface area contributed by atoms with E-state index in [0.717, 1.165) is 0 Å². The van der Waals surface area contributed by atoms with Crippen LogP contribution in [-0.4, -0.2) is 71.1 Å². The molecule has 0 aromatic heterocycles. The average Bonchev–Trinajstić information content (AvgIpc) is 2.57. The Morgan fingerprint density at radius 2 is 0.889 bits per heavy atom. The van der Waals surface area contributed by atoms with Crippen molar-refractivity contribution in [3.63, 3.8) is 0 Å². The van der Waals surface area contributed by atoms with Gasteiger partial charge in [0.2, 0.25) is 0 Å². The van der Waals surface area contributed by atoms with Crippen LogP contribution in [0.1, 0.15) is 0 Å². The quantitative estimate of drug-likeness (QED) is 0.311. The smallest absolute Gasteiger partial charge is 0.0396 e. The molecule has 1 rings (SSSR count). The first-order chi connectivity index (χ1) is 11.9. The molecule has 0 atom stereocenters. The Kier molecular flexibility index (Phi) is 31.6. The first-order valence-corrected chi connectivity index (χ1v) is 10.0. The van der Waals surface area contributed by atoms with E-state index in [-0.39, 0.29) is 35.2 Å². The largest absolute Gasteiger partial charge is 0.800 e. The maximum absolute atomic E-state index is 8.16. The summed E-state index contributed by atoms with van der Waals surface area (Å²) in [4.78, 5) is 5.39. The van der Waals surface area contributed by atoms with Gasteiger partial charge in [0, 0.05) is 26.8 Å². The maximum Gasteiger partial charge on any atom is 0.0396 e. The monoisotopic (exact) mass is 566 g/mol. The molecule has 0 fully saturated rings. The van der Waals surface area contributed by atoms with Gasteiger partial charge in [0.15, 0.2) is 0 Å². The van der Waals surface area contributed by atoms with Gasteiger partial charge < -0.3 is 101 Å². The molecule has 12 heteroatoms. The van der Waals surface area contributed by atoms with Crippen molar-refractivity contribution in [1.29, 1.82) is 0 Å². The molecule has 0 aliphatic rings. The summed E-state index contributed by atoms with van der Waals surface area (Å²) >= 11 is 27.9. The standard InChI is InChI=1S/C6H5N2.3C3H9NS2.Mo/c7-8-6-4-2-1-3-5-6;3*1-4(2)3(5)6;/h1-5H;3*3,5-6H,1-2H3;/q-1;;;;/p-6. The number of nitrogens with zero attached hydrogens (tertiary/aromatic N) is 5. The molecule has 0 amide bonds. The number of hydrogen-bond acceptors (Lipinski definition) is 10. The van der Waals surface area contributed by atoms with Crippen LogP contribution in [0.15, 0.2) is 35.4 Å². The van der Waals surface area contributed by atoms with Gasteiger partial charge in [-0.15, -0.1) is 0 Å². The second kappa shape index (κ2) is 23.8. The van der Waals surface area contributed by atoms with Crippen LogP contribution < -0.4 is 0 Å². The number of rotatable bonds is 4.